The van der Waals surface area contributed by atoms with Crippen molar-refractivity contribution in [2.24, 2.45) is 0 Å². The number of ether oxygens (including phenoxy) is 3. The predicted molar refractivity (Wildman–Crippen MR) is 127 cm³/mol. The van der Waals surface area contributed by atoms with E-state index < -0.39 is 0 Å². The number of carbonyl (C=O) groups excluding carboxylic acids is 1. The molecule has 0 atom stereocenters. The summed E-state index contributed by atoms with van der Waals surface area (Å²) in [6.45, 7) is 5.47. The maximum atomic E-state index is 12.2. The lowest BCUT2D eigenvalue weighted by atomic mass is 10.1. The quantitative estimate of drug-likeness (QED) is 0.238. The van der Waals surface area contributed by atoms with Gasteiger partial charge in [-0.1, -0.05) is 40.2 Å². The molecule has 0 amide bonds. The molecule has 0 fully saturated rings. The first-order chi connectivity index (χ1) is 15.1. The van der Waals surface area contributed by atoms with E-state index in [1.807, 2.05) is 68.4 Å². The summed E-state index contributed by atoms with van der Waals surface area (Å²) in [5.74, 6) is 2.18. The molecule has 4 nitrogen and oxygen atoms in total. The van der Waals surface area contributed by atoms with Gasteiger partial charge in [0.05, 0.1) is 13.2 Å². The average molecular weight is 481 g/mol. The molecule has 160 valence electrons. The Labute approximate surface area is 191 Å². The molecule has 0 saturated heterocycles. The minimum absolute atomic E-state index is 0.0339. The minimum atomic E-state index is -0.0339. The van der Waals surface area contributed by atoms with Gasteiger partial charge in [-0.15, -0.1) is 0 Å². The van der Waals surface area contributed by atoms with Crippen molar-refractivity contribution in [1.82, 2.24) is 0 Å². The maximum absolute atomic E-state index is 12.2. The first-order valence-electron chi connectivity index (χ1n) is 10.2. The molecular formula is C26H25BrO4. The Morgan fingerprint density at radius 1 is 0.839 bits per heavy atom. The van der Waals surface area contributed by atoms with Crippen LogP contribution in [-0.4, -0.2) is 19.0 Å². The molecule has 0 bridgehead atoms. The van der Waals surface area contributed by atoms with Gasteiger partial charge in [0.2, 0.25) is 0 Å². The van der Waals surface area contributed by atoms with Crippen LogP contribution in [0.25, 0.3) is 6.08 Å². The molecule has 0 N–H and O–H groups in total. The molecule has 5 heteroatoms. The van der Waals surface area contributed by atoms with Crippen LogP contribution in [0.5, 0.6) is 17.2 Å². The van der Waals surface area contributed by atoms with Gasteiger partial charge in [-0.25, -0.2) is 0 Å². The minimum Gasteiger partial charge on any atom is -0.490 e. The van der Waals surface area contributed by atoms with Gasteiger partial charge >= 0.3 is 0 Å². The van der Waals surface area contributed by atoms with E-state index in [1.54, 1.807) is 24.3 Å². The van der Waals surface area contributed by atoms with Crippen molar-refractivity contribution >= 4 is 27.8 Å². The van der Waals surface area contributed by atoms with Gasteiger partial charge in [0.15, 0.2) is 17.3 Å². The fourth-order valence-electron chi connectivity index (χ4n) is 2.91. The fourth-order valence-corrected chi connectivity index (χ4v) is 3.17. The molecule has 3 aromatic carbocycles. The Morgan fingerprint density at radius 3 is 2.19 bits per heavy atom. The summed E-state index contributed by atoms with van der Waals surface area (Å²) in [6, 6.07) is 20.8. The van der Waals surface area contributed by atoms with Crippen LogP contribution in [0.4, 0.5) is 0 Å². The highest BCUT2D eigenvalue weighted by Gasteiger charge is 2.07. The molecule has 0 heterocycles. The Balaban J connectivity index is 1.58. The highest BCUT2D eigenvalue weighted by molar-refractivity contribution is 9.10. The van der Waals surface area contributed by atoms with Crippen molar-refractivity contribution in [1.29, 1.82) is 0 Å². The number of rotatable bonds is 10. The van der Waals surface area contributed by atoms with Gasteiger partial charge in [-0.3, -0.25) is 4.79 Å². The third kappa shape index (κ3) is 6.72. The van der Waals surface area contributed by atoms with Crippen LogP contribution in [0.2, 0.25) is 0 Å². The summed E-state index contributed by atoms with van der Waals surface area (Å²) < 4.78 is 18.1. The lowest BCUT2D eigenvalue weighted by molar-refractivity contribution is 0.104. The fraction of sp³-hybridized carbons (Fsp3) is 0.192. The molecule has 31 heavy (non-hydrogen) atoms. The smallest absolute Gasteiger partial charge is 0.185 e. The standard InChI is InChI=1S/C26H25BrO4/c1-3-29-25-16-8-20(17-26(25)30-4-2)18-31-23-13-5-19(6-14-23)7-15-24(28)21-9-11-22(27)12-10-21/h5-17H,3-4,18H2,1-2H3/b15-7+. The lowest BCUT2D eigenvalue weighted by Crippen LogP contribution is -2.01. The number of hydrogen-bond donors (Lipinski definition) is 0. The van der Waals surface area contributed by atoms with Gasteiger partial charge in [0.1, 0.15) is 12.4 Å². The lowest BCUT2D eigenvalue weighted by Gasteiger charge is -2.13. The zero-order chi connectivity index (χ0) is 22.1. The summed E-state index contributed by atoms with van der Waals surface area (Å²) in [6.07, 6.45) is 3.38. The Kier molecular flexibility index (Phi) is 8.30. The molecule has 3 aromatic rings. The van der Waals surface area contributed by atoms with Gasteiger partial charge < -0.3 is 14.2 Å². The Bertz CT molecular complexity index is 1020. The van der Waals surface area contributed by atoms with E-state index >= 15 is 0 Å². The predicted octanol–water partition coefficient (Wildman–Crippen LogP) is 6.72. The molecule has 0 aromatic heterocycles. The SMILES string of the molecule is CCOc1ccc(COc2ccc(/C=C/C(=O)c3ccc(Br)cc3)cc2)cc1OCC. The largest absolute Gasteiger partial charge is 0.490 e. The van der Waals surface area contributed by atoms with Crippen LogP contribution in [0.15, 0.2) is 77.3 Å². The monoisotopic (exact) mass is 480 g/mol. The Hall–Kier alpha value is -3.05. The molecule has 0 radical (unpaired) electrons. The van der Waals surface area contributed by atoms with E-state index in [-0.39, 0.29) is 5.78 Å². The summed E-state index contributed by atoms with van der Waals surface area (Å²) >= 11 is 3.37. The van der Waals surface area contributed by atoms with E-state index in [2.05, 4.69) is 15.9 Å². The maximum Gasteiger partial charge on any atom is 0.185 e. The first kappa shape index (κ1) is 22.6. The van der Waals surface area contributed by atoms with E-state index in [1.165, 1.54) is 0 Å². The van der Waals surface area contributed by atoms with Crippen molar-refractivity contribution in [3.05, 3.63) is 94.0 Å². The van der Waals surface area contributed by atoms with Crippen molar-refractivity contribution in [2.75, 3.05) is 13.2 Å². The van der Waals surface area contributed by atoms with Gasteiger partial charge in [-0.05, 0) is 79.6 Å². The van der Waals surface area contributed by atoms with Crippen LogP contribution < -0.4 is 14.2 Å². The summed E-state index contributed by atoms with van der Waals surface area (Å²) in [5.41, 5.74) is 2.58. The van der Waals surface area contributed by atoms with Crippen LogP contribution >= 0.6 is 15.9 Å². The summed E-state index contributed by atoms with van der Waals surface area (Å²) in [4.78, 5) is 12.2. The highest BCUT2D eigenvalue weighted by atomic mass is 79.9. The van der Waals surface area contributed by atoms with Gasteiger partial charge in [-0.2, -0.15) is 0 Å². The molecule has 0 unspecified atom stereocenters. The zero-order valence-electron chi connectivity index (χ0n) is 17.6. The van der Waals surface area contributed by atoms with E-state index in [4.69, 9.17) is 14.2 Å². The number of allylic oxidation sites excluding steroid dienone is 1. The number of hydrogen-bond acceptors (Lipinski definition) is 4. The van der Waals surface area contributed by atoms with Crippen molar-refractivity contribution in [3.63, 3.8) is 0 Å². The second kappa shape index (κ2) is 11.4. The zero-order valence-corrected chi connectivity index (χ0v) is 19.2. The molecule has 0 aliphatic heterocycles. The van der Waals surface area contributed by atoms with Crippen LogP contribution in [0.3, 0.4) is 0 Å². The highest BCUT2D eigenvalue weighted by Crippen LogP contribution is 2.29. The molecular weight excluding hydrogens is 456 g/mol. The van der Waals surface area contributed by atoms with Crippen LogP contribution in [0, 0.1) is 0 Å². The molecule has 3 rings (SSSR count). The molecule has 0 aliphatic carbocycles. The number of carbonyl (C=O) groups is 1. The van der Waals surface area contributed by atoms with Crippen molar-refractivity contribution in [3.8, 4) is 17.2 Å². The average Bonchev–Trinajstić information content (AvgIpc) is 2.79. The second-order valence-electron chi connectivity index (χ2n) is 6.71. The number of benzene rings is 3. The normalized spacial score (nSPS) is 10.8. The van der Waals surface area contributed by atoms with Gasteiger partial charge in [0.25, 0.3) is 0 Å². The topological polar surface area (TPSA) is 44.8 Å². The molecule has 0 spiro atoms. The molecule has 0 saturated carbocycles. The van der Waals surface area contributed by atoms with Crippen molar-refractivity contribution < 1.29 is 19.0 Å². The van der Waals surface area contributed by atoms with E-state index in [9.17, 15) is 4.79 Å². The summed E-state index contributed by atoms with van der Waals surface area (Å²) in [5, 5.41) is 0. The molecule has 0 aliphatic rings. The van der Waals surface area contributed by atoms with Gasteiger partial charge in [0, 0.05) is 10.0 Å². The van der Waals surface area contributed by atoms with Crippen molar-refractivity contribution in [2.45, 2.75) is 20.5 Å². The summed E-state index contributed by atoms with van der Waals surface area (Å²) in [7, 11) is 0. The third-order valence-electron chi connectivity index (χ3n) is 4.45. The van der Waals surface area contributed by atoms with E-state index in [0.29, 0.717) is 25.4 Å². The third-order valence-corrected chi connectivity index (χ3v) is 4.98. The number of halogens is 1. The van der Waals surface area contributed by atoms with Crippen LogP contribution in [0.1, 0.15) is 35.3 Å². The number of ketones is 1. The van der Waals surface area contributed by atoms with Crippen LogP contribution in [-0.2, 0) is 6.61 Å². The van der Waals surface area contributed by atoms with E-state index in [0.717, 1.165) is 32.8 Å². The second-order valence-corrected chi connectivity index (χ2v) is 7.62. The first-order valence-corrected chi connectivity index (χ1v) is 11.0. The Morgan fingerprint density at radius 2 is 1.52 bits per heavy atom.